The van der Waals surface area contributed by atoms with E-state index in [0.717, 1.165) is 69.1 Å². The van der Waals surface area contributed by atoms with E-state index in [4.69, 9.17) is 30.5 Å². The molecule has 1 aromatic heterocycles. The fourth-order valence-electron chi connectivity index (χ4n) is 4.70. The highest BCUT2D eigenvalue weighted by Gasteiger charge is 2.24. The fraction of sp³-hybridized carbons (Fsp3) is 0.286. The molecule has 1 N–H and O–H groups in total. The minimum Gasteiger partial charge on any atom is -0.497 e. The lowest BCUT2D eigenvalue weighted by Crippen LogP contribution is -2.04. The molecule has 0 amide bonds. The molecule has 0 radical (unpaired) electrons. The summed E-state index contributed by atoms with van der Waals surface area (Å²) in [7, 11) is 4.99. The van der Waals surface area contributed by atoms with E-state index in [1.807, 2.05) is 42.5 Å². The number of methoxy groups -OCH3 is 3. The van der Waals surface area contributed by atoms with Crippen molar-refractivity contribution in [1.29, 1.82) is 0 Å². The van der Waals surface area contributed by atoms with Crippen molar-refractivity contribution >= 4 is 28.2 Å². The highest BCUT2D eigenvalue weighted by molar-refractivity contribution is 6.31. The zero-order chi connectivity index (χ0) is 25.1. The van der Waals surface area contributed by atoms with Gasteiger partial charge in [0.05, 0.1) is 45.3 Å². The maximum atomic E-state index is 6.54. The molecule has 0 aliphatic carbocycles. The average molecular weight is 506 g/mol. The van der Waals surface area contributed by atoms with Crippen molar-refractivity contribution in [2.24, 2.45) is 0 Å². The number of aromatic nitrogens is 2. The van der Waals surface area contributed by atoms with Crippen LogP contribution in [0.25, 0.3) is 22.0 Å². The van der Waals surface area contributed by atoms with Gasteiger partial charge in [0.1, 0.15) is 17.2 Å². The van der Waals surface area contributed by atoms with Crippen LogP contribution in [0, 0.1) is 0 Å². The van der Waals surface area contributed by atoms with Gasteiger partial charge in [-0.05, 0) is 48.4 Å². The van der Waals surface area contributed by atoms with Gasteiger partial charge >= 0.3 is 0 Å². The van der Waals surface area contributed by atoms with Crippen molar-refractivity contribution in [3.63, 3.8) is 0 Å². The smallest absolute Gasteiger partial charge is 0.130 e. The van der Waals surface area contributed by atoms with Gasteiger partial charge < -0.3 is 24.3 Å². The monoisotopic (exact) mass is 505 g/mol. The van der Waals surface area contributed by atoms with Crippen molar-refractivity contribution in [2.75, 3.05) is 39.9 Å². The van der Waals surface area contributed by atoms with E-state index < -0.39 is 0 Å². The van der Waals surface area contributed by atoms with Gasteiger partial charge in [-0.1, -0.05) is 17.7 Å². The first-order chi connectivity index (χ1) is 17.6. The Bertz CT molecular complexity index is 1390. The third kappa shape index (κ3) is 4.76. The molecule has 1 unspecified atom stereocenters. The van der Waals surface area contributed by atoms with Gasteiger partial charge in [-0.3, -0.25) is 0 Å². The van der Waals surface area contributed by atoms with Crippen LogP contribution in [0.2, 0.25) is 5.02 Å². The molecule has 186 valence electrons. The van der Waals surface area contributed by atoms with Crippen LogP contribution >= 0.6 is 11.6 Å². The number of hydrogen-bond donors (Lipinski definition) is 1. The Balaban J connectivity index is 1.47. The van der Waals surface area contributed by atoms with E-state index in [-0.39, 0.29) is 5.92 Å². The minimum atomic E-state index is 0.267. The molecule has 1 saturated heterocycles. The summed E-state index contributed by atoms with van der Waals surface area (Å²) >= 11 is 6.54. The van der Waals surface area contributed by atoms with Gasteiger partial charge in [-0.25, -0.2) is 0 Å². The number of halogens is 1. The molecule has 36 heavy (non-hydrogen) atoms. The average Bonchev–Trinajstić information content (AvgIpc) is 3.46. The first-order valence-electron chi connectivity index (χ1n) is 11.8. The van der Waals surface area contributed by atoms with E-state index in [9.17, 15) is 0 Å². The fourth-order valence-corrected chi connectivity index (χ4v) is 4.92. The molecule has 0 spiro atoms. The third-order valence-corrected chi connectivity index (χ3v) is 6.79. The van der Waals surface area contributed by atoms with Crippen LogP contribution in [-0.4, -0.2) is 44.7 Å². The van der Waals surface area contributed by atoms with Crippen molar-refractivity contribution in [3.05, 3.63) is 70.9 Å². The molecule has 0 saturated carbocycles. The second kappa shape index (κ2) is 10.6. The predicted octanol–water partition coefficient (Wildman–Crippen LogP) is 6.09. The Morgan fingerprint density at radius 3 is 2.67 bits per heavy atom. The molecule has 3 aromatic carbocycles. The van der Waals surface area contributed by atoms with E-state index in [1.165, 1.54) is 0 Å². The number of fused-ring (bicyclic) bond motifs is 1. The van der Waals surface area contributed by atoms with Gasteiger partial charge in [0.2, 0.25) is 0 Å². The van der Waals surface area contributed by atoms with E-state index in [0.29, 0.717) is 18.2 Å². The lowest BCUT2D eigenvalue weighted by atomic mass is 9.92. The summed E-state index contributed by atoms with van der Waals surface area (Å²) in [5.41, 5.74) is 5.62. The number of rotatable bonds is 8. The van der Waals surface area contributed by atoms with Crippen molar-refractivity contribution in [2.45, 2.75) is 18.9 Å². The molecule has 5 rings (SSSR count). The second-order valence-corrected chi connectivity index (χ2v) is 9.09. The van der Waals surface area contributed by atoms with Crippen LogP contribution < -0.4 is 19.5 Å². The quantitative estimate of drug-likeness (QED) is 0.310. The summed E-state index contributed by atoms with van der Waals surface area (Å²) in [6.45, 7) is 1.98. The molecule has 4 aromatic rings. The minimum absolute atomic E-state index is 0.267. The largest absolute Gasteiger partial charge is 0.497 e. The summed E-state index contributed by atoms with van der Waals surface area (Å²) in [6, 6.07) is 15.8. The van der Waals surface area contributed by atoms with Gasteiger partial charge in [-0.15, -0.1) is 0 Å². The van der Waals surface area contributed by atoms with Gasteiger partial charge in [0.25, 0.3) is 0 Å². The number of nitrogens with zero attached hydrogens (tertiary/aromatic N) is 2. The molecule has 8 heteroatoms. The van der Waals surface area contributed by atoms with Crippen LogP contribution in [-0.2, 0) is 11.3 Å². The molecule has 0 bridgehead atoms. The summed E-state index contributed by atoms with van der Waals surface area (Å²) in [5.74, 6) is 2.60. The Morgan fingerprint density at radius 2 is 1.92 bits per heavy atom. The topological polar surface area (TPSA) is 74.7 Å². The zero-order valence-electron chi connectivity index (χ0n) is 20.5. The Hall–Kier alpha value is -3.55. The van der Waals surface area contributed by atoms with Gasteiger partial charge in [0, 0.05) is 52.2 Å². The SMILES string of the molecule is COc1ccc(CNc2cnnc3cc(-c4cc(Cl)cc(C5CCOC5)c4OC)ccc23)c(OC)c1. The van der Waals surface area contributed by atoms with E-state index in [2.05, 4.69) is 21.6 Å². The number of hydrogen-bond acceptors (Lipinski definition) is 7. The van der Waals surface area contributed by atoms with Crippen LogP contribution in [0.4, 0.5) is 5.69 Å². The second-order valence-electron chi connectivity index (χ2n) is 8.66. The van der Waals surface area contributed by atoms with Gasteiger partial charge in [0.15, 0.2) is 0 Å². The summed E-state index contributed by atoms with van der Waals surface area (Å²) in [6.07, 6.45) is 2.68. The molecule has 1 fully saturated rings. The number of benzene rings is 3. The van der Waals surface area contributed by atoms with Crippen LogP contribution in [0.3, 0.4) is 0 Å². The number of anilines is 1. The Kier molecular flexibility index (Phi) is 7.11. The van der Waals surface area contributed by atoms with Crippen LogP contribution in [0.5, 0.6) is 17.2 Å². The summed E-state index contributed by atoms with van der Waals surface area (Å²) in [4.78, 5) is 0. The van der Waals surface area contributed by atoms with Crippen molar-refractivity contribution in [3.8, 4) is 28.4 Å². The molecule has 2 heterocycles. The zero-order valence-corrected chi connectivity index (χ0v) is 21.3. The maximum absolute atomic E-state index is 6.54. The van der Waals surface area contributed by atoms with Crippen molar-refractivity contribution in [1.82, 2.24) is 10.2 Å². The molecular weight excluding hydrogens is 478 g/mol. The third-order valence-electron chi connectivity index (χ3n) is 6.57. The first kappa shape index (κ1) is 24.2. The molecule has 7 nitrogen and oxygen atoms in total. The lowest BCUT2D eigenvalue weighted by Gasteiger charge is -2.18. The maximum Gasteiger partial charge on any atom is 0.130 e. The number of nitrogens with one attached hydrogen (secondary N) is 1. The van der Waals surface area contributed by atoms with E-state index >= 15 is 0 Å². The van der Waals surface area contributed by atoms with Crippen molar-refractivity contribution < 1.29 is 18.9 Å². The standard InChI is InChI=1S/C28H28ClN3O4/c1-33-21-6-4-18(27(13-21)34-2)14-30-26-15-31-32-25-10-17(5-7-22(25)26)23-11-20(29)12-24(28(23)35-3)19-8-9-36-16-19/h4-7,10-13,15,19H,8-9,14,16H2,1-3H3,(H,30,32). The number of ether oxygens (including phenoxy) is 4. The predicted molar refractivity (Wildman–Crippen MR) is 142 cm³/mol. The highest BCUT2D eigenvalue weighted by atomic mass is 35.5. The lowest BCUT2D eigenvalue weighted by molar-refractivity contribution is 0.193. The van der Waals surface area contributed by atoms with E-state index in [1.54, 1.807) is 27.5 Å². The Morgan fingerprint density at radius 1 is 1.03 bits per heavy atom. The van der Waals surface area contributed by atoms with Gasteiger partial charge in [-0.2, -0.15) is 10.2 Å². The summed E-state index contributed by atoms with van der Waals surface area (Å²) < 4.78 is 22.3. The molecule has 1 aliphatic rings. The normalized spacial score (nSPS) is 15.2. The summed E-state index contributed by atoms with van der Waals surface area (Å²) in [5, 5.41) is 13.7. The molecule has 1 atom stereocenters. The van der Waals surface area contributed by atoms with Crippen LogP contribution in [0.15, 0.2) is 54.7 Å². The molecular formula is C28H28ClN3O4. The van der Waals surface area contributed by atoms with Crippen LogP contribution in [0.1, 0.15) is 23.5 Å². The Labute approximate surface area is 215 Å². The first-order valence-corrected chi connectivity index (χ1v) is 12.1. The molecule has 1 aliphatic heterocycles. The highest BCUT2D eigenvalue weighted by Crippen LogP contribution is 2.42.